The lowest BCUT2D eigenvalue weighted by atomic mass is 9.93. The van der Waals surface area contributed by atoms with Gasteiger partial charge in [-0.3, -0.25) is 4.79 Å². The summed E-state index contributed by atoms with van der Waals surface area (Å²) in [6.45, 7) is 1.87. The number of amides is 3. The highest BCUT2D eigenvalue weighted by molar-refractivity contribution is 5.89. The van der Waals surface area contributed by atoms with Gasteiger partial charge >= 0.3 is 6.03 Å². The second-order valence-corrected chi connectivity index (χ2v) is 7.55. The quantitative estimate of drug-likeness (QED) is 0.815. The van der Waals surface area contributed by atoms with Gasteiger partial charge in [-0.25, -0.2) is 13.6 Å². The van der Waals surface area contributed by atoms with Crippen LogP contribution in [0.25, 0.3) is 0 Å². The first-order valence-electron chi connectivity index (χ1n) is 9.81. The van der Waals surface area contributed by atoms with Gasteiger partial charge in [-0.05, 0) is 50.2 Å². The second-order valence-electron chi connectivity index (χ2n) is 7.55. The third-order valence-electron chi connectivity index (χ3n) is 5.65. The number of likely N-dealkylation sites (tertiary alicyclic amines) is 1. The first-order valence-corrected chi connectivity index (χ1v) is 9.81. The first-order chi connectivity index (χ1) is 13.0. The fourth-order valence-corrected chi connectivity index (χ4v) is 3.94. The van der Waals surface area contributed by atoms with Gasteiger partial charge in [-0.1, -0.05) is 12.8 Å². The summed E-state index contributed by atoms with van der Waals surface area (Å²) in [7, 11) is 0. The smallest absolute Gasteiger partial charge is 0.321 e. The minimum absolute atomic E-state index is 0.0156. The van der Waals surface area contributed by atoms with Gasteiger partial charge in [-0.2, -0.15) is 0 Å². The van der Waals surface area contributed by atoms with Crippen molar-refractivity contribution in [3.63, 3.8) is 0 Å². The molecule has 0 aromatic heterocycles. The summed E-state index contributed by atoms with van der Waals surface area (Å²) in [5, 5.41) is 5.54. The van der Waals surface area contributed by atoms with Crippen molar-refractivity contribution in [2.75, 3.05) is 25.0 Å². The number of benzene rings is 1. The van der Waals surface area contributed by atoms with E-state index < -0.39 is 11.6 Å². The van der Waals surface area contributed by atoms with E-state index in [1.807, 2.05) is 0 Å². The Hall–Kier alpha value is -2.18. The van der Waals surface area contributed by atoms with Crippen LogP contribution in [0.4, 0.5) is 19.3 Å². The van der Waals surface area contributed by atoms with Gasteiger partial charge in [0.15, 0.2) is 0 Å². The van der Waals surface area contributed by atoms with Crippen molar-refractivity contribution in [3.8, 4) is 0 Å². The predicted molar refractivity (Wildman–Crippen MR) is 99.3 cm³/mol. The minimum atomic E-state index is -0.781. The van der Waals surface area contributed by atoms with Crippen LogP contribution in [0.15, 0.2) is 18.2 Å². The average molecular weight is 379 g/mol. The van der Waals surface area contributed by atoms with Gasteiger partial charge in [-0.15, -0.1) is 0 Å². The normalized spacial score (nSPS) is 18.5. The number of urea groups is 1. The van der Waals surface area contributed by atoms with Crippen LogP contribution in [0.5, 0.6) is 0 Å². The Labute approximate surface area is 158 Å². The minimum Gasteiger partial charge on any atom is -0.356 e. The molecule has 7 heteroatoms. The van der Waals surface area contributed by atoms with Crippen molar-refractivity contribution in [2.45, 2.75) is 44.9 Å². The molecule has 0 unspecified atom stereocenters. The highest BCUT2D eigenvalue weighted by atomic mass is 19.1. The van der Waals surface area contributed by atoms with E-state index in [4.69, 9.17) is 0 Å². The molecule has 1 aromatic rings. The van der Waals surface area contributed by atoms with Crippen molar-refractivity contribution in [2.24, 2.45) is 11.8 Å². The van der Waals surface area contributed by atoms with E-state index >= 15 is 0 Å². The van der Waals surface area contributed by atoms with Crippen molar-refractivity contribution in [1.82, 2.24) is 10.2 Å². The molecule has 1 saturated heterocycles. The molecule has 148 valence electrons. The lowest BCUT2D eigenvalue weighted by molar-refractivity contribution is -0.124. The van der Waals surface area contributed by atoms with Gasteiger partial charge in [0.2, 0.25) is 5.91 Å². The number of halogens is 2. The van der Waals surface area contributed by atoms with Crippen LogP contribution in [-0.4, -0.2) is 36.5 Å². The fraction of sp³-hybridized carbons (Fsp3) is 0.600. The Balaban J connectivity index is 1.36. The number of piperidine rings is 1. The van der Waals surface area contributed by atoms with Crippen LogP contribution in [0.2, 0.25) is 0 Å². The lowest BCUT2D eigenvalue weighted by Gasteiger charge is -2.32. The molecule has 1 saturated carbocycles. The zero-order valence-electron chi connectivity index (χ0n) is 15.5. The molecule has 2 N–H and O–H groups in total. The molecule has 0 spiro atoms. The molecule has 1 aliphatic carbocycles. The Morgan fingerprint density at radius 3 is 2.44 bits per heavy atom. The van der Waals surface area contributed by atoms with Gasteiger partial charge in [0.1, 0.15) is 11.6 Å². The van der Waals surface area contributed by atoms with Crippen molar-refractivity contribution < 1.29 is 18.4 Å². The molecular formula is C20H27F2N3O2. The van der Waals surface area contributed by atoms with Crippen LogP contribution >= 0.6 is 0 Å². The van der Waals surface area contributed by atoms with E-state index in [9.17, 15) is 18.4 Å². The van der Waals surface area contributed by atoms with E-state index in [0.717, 1.165) is 57.1 Å². The van der Waals surface area contributed by atoms with Gasteiger partial charge < -0.3 is 15.5 Å². The number of hydrogen-bond acceptors (Lipinski definition) is 2. The van der Waals surface area contributed by atoms with Gasteiger partial charge in [0, 0.05) is 31.6 Å². The van der Waals surface area contributed by atoms with E-state index in [0.29, 0.717) is 25.6 Å². The molecule has 0 atom stereocenters. The SMILES string of the molecule is O=C(NCCC1CCN(C(=O)Nc2ccc(F)cc2F)CC1)C1CCCC1. The summed E-state index contributed by atoms with van der Waals surface area (Å²) >= 11 is 0. The molecule has 3 rings (SSSR count). The number of anilines is 1. The maximum absolute atomic E-state index is 13.6. The van der Waals surface area contributed by atoms with Crippen LogP contribution < -0.4 is 10.6 Å². The first kappa shape index (κ1) is 19.6. The van der Waals surface area contributed by atoms with Crippen molar-refractivity contribution in [1.29, 1.82) is 0 Å². The number of carbonyl (C=O) groups excluding carboxylic acids is 2. The molecule has 0 bridgehead atoms. The molecule has 5 nitrogen and oxygen atoms in total. The lowest BCUT2D eigenvalue weighted by Crippen LogP contribution is -2.41. The molecule has 2 aliphatic rings. The van der Waals surface area contributed by atoms with Crippen LogP contribution in [0.3, 0.4) is 0 Å². The van der Waals surface area contributed by atoms with Crippen LogP contribution in [0.1, 0.15) is 44.9 Å². The summed E-state index contributed by atoms with van der Waals surface area (Å²) in [6.07, 6.45) is 6.96. The fourth-order valence-electron chi connectivity index (χ4n) is 3.94. The summed E-state index contributed by atoms with van der Waals surface area (Å²) < 4.78 is 26.6. The molecule has 27 heavy (non-hydrogen) atoms. The maximum Gasteiger partial charge on any atom is 0.321 e. The number of nitrogens with zero attached hydrogens (tertiary/aromatic N) is 1. The van der Waals surface area contributed by atoms with Gasteiger partial charge in [0.25, 0.3) is 0 Å². The molecule has 0 radical (unpaired) electrons. The average Bonchev–Trinajstić information content (AvgIpc) is 3.19. The maximum atomic E-state index is 13.6. The van der Waals surface area contributed by atoms with Gasteiger partial charge in [0.05, 0.1) is 5.69 Å². The standard InChI is InChI=1S/C20H27F2N3O2/c21-16-5-6-18(17(22)13-16)24-20(27)25-11-8-14(9-12-25)7-10-23-19(26)15-3-1-2-4-15/h5-6,13-15H,1-4,7-12H2,(H,23,26)(H,24,27). The highest BCUT2D eigenvalue weighted by Crippen LogP contribution is 2.25. The van der Waals surface area contributed by atoms with Crippen molar-refractivity contribution in [3.05, 3.63) is 29.8 Å². The monoisotopic (exact) mass is 379 g/mol. The summed E-state index contributed by atoms with van der Waals surface area (Å²) in [5.74, 6) is -0.601. The Kier molecular flexibility index (Phi) is 6.63. The van der Waals surface area contributed by atoms with E-state index in [1.54, 1.807) is 4.90 Å². The van der Waals surface area contributed by atoms with Crippen LogP contribution in [-0.2, 0) is 4.79 Å². The number of carbonyl (C=O) groups is 2. The summed E-state index contributed by atoms with van der Waals surface area (Å²) in [4.78, 5) is 25.9. The summed E-state index contributed by atoms with van der Waals surface area (Å²) in [5.41, 5.74) is -0.0156. The zero-order chi connectivity index (χ0) is 19.2. The second kappa shape index (κ2) is 9.15. The molecule has 3 amide bonds. The Morgan fingerprint density at radius 1 is 1.07 bits per heavy atom. The van der Waals surface area contributed by atoms with E-state index in [1.165, 1.54) is 6.07 Å². The molecule has 1 aliphatic heterocycles. The van der Waals surface area contributed by atoms with Crippen molar-refractivity contribution >= 4 is 17.6 Å². The molecule has 1 aromatic carbocycles. The molecule has 1 heterocycles. The molecular weight excluding hydrogens is 352 g/mol. The zero-order valence-corrected chi connectivity index (χ0v) is 15.5. The molecule has 2 fully saturated rings. The highest BCUT2D eigenvalue weighted by Gasteiger charge is 2.25. The number of rotatable bonds is 5. The largest absolute Gasteiger partial charge is 0.356 e. The number of hydrogen-bond donors (Lipinski definition) is 2. The topological polar surface area (TPSA) is 61.4 Å². The summed E-state index contributed by atoms with van der Waals surface area (Å²) in [6, 6.07) is 2.72. The Bertz CT molecular complexity index is 669. The number of nitrogens with one attached hydrogen (secondary N) is 2. The van der Waals surface area contributed by atoms with E-state index in [-0.39, 0.29) is 23.5 Å². The van der Waals surface area contributed by atoms with Crippen LogP contribution in [0, 0.1) is 23.5 Å². The predicted octanol–water partition coefficient (Wildman–Crippen LogP) is 3.91. The Morgan fingerprint density at radius 2 is 1.78 bits per heavy atom. The third kappa shape index (κ3) is 5.40. The third-order valence-corrected chi connectivity index (χ3v) is 5.65. The van der Waals surface area contributed by atoms with E-state index in [2.05, 4.69) is 10.6 Å².